The summed E-state index contributed by atoms with van der Waals surface area (Å²) in [5.74, 6) is -0.681. The molecule has 1 spiro atoms. The molecule has 112 valence electrons. The van der Waals surface area contributed by atoms with E-state index in [9.17, 15) is 9.59 Å². The molecular weight excluding hydrogens is 266 g/mol. The van der Waals surface area contributed by atoms with Crippen LogP contribution in [0.4, 0.5) is 5.69 Å². The largest absolute Gasteiger partial charge is 0.458 e. The molecule has 1 atom stereocenters. The minimum Gasteiger partial charge on any atom is -0.458 e. The molecule has 1 unspecified atom stereocenters. The lowest BCUT2D eigenvalue weighted by atomic mass is 9.75. The number of carbonyl (C=O) groups is 2. The summed E-state index contributed by atoms with van der Waals surface area (Å²) in [6.07, 6.45) is 5.04. The molecule has 1 aromatic carbocycles. The molecule has 1 aromatic rings. The summed E-state index contributed by atoms with van der Waals surface area (Å²) in [4.78, 5) is 24.3. The van der Waals surface area contributed by atoms with Crippen molar-refractivity contribution in [2.45, 2.75) is 51.0 Å². The second-order valence-electron chi connectivity index (χ2n) is 6.21. The van der Waals surface area contributed by atoms with Crippen molar-refractivity contribution in [1.82, 2.24) is 0 Å². The van der Waals surface area contributed by atoms with Crippen LogP contribution in [0.15, 0.2) is 24.3 Å². The van der Waals surface area contributed by atoms with E-state index in [0.29, 0.717) is 0 Å². The first-order valence-electron chi connectivity index (χ1n) is 7.68. The number of hydrogen-bond donors (Lipinski definition) is 1. The highest BCUT2D eigenvalue weighted by Crippen LogP contribution is 2.44. The fourth-order valence-corrected chi connectivity index (χ4v) is 3.49. The van der Waals surface area contributed by atoms with E-state index in [1.807, 2.05) is 31.2 Å². The van der Waals surface area contributed by atoms with E-state index in [2.05, 4.69) is 5.32 Å². The smallest absolute Gasteiger partial charge is 0.307 e. The van der Waals surface area contributed by atoms with Crippen molar-refractivity contribution in [3.8, 4) is 0 Å². The van der Waals surface area contributed by atoms with Gasteiger partial charge in [0, 0.05) is 5.69 Å². The molecule has 1 saturated heterocycles. The van der Waals surface area contributed by atoms with Crippen molar-refractivity contribution in [1.29, 1.82) is 0 Å². The number of benzene rings is 1. The number of carbonyl (C=O) groups excluding carboxylic acids is 2. The predicted molar refractivity (Wildman–Crippen MR) is 79.8 cm³/mol. The topological polar surface area (TPSA) is 55.4 Å². The van der Waals surface area contributed by atoms with Crippen molar-refractivity contribution < 1.29 is 14.3 Å². The zero-order valence-electron chi connectivity index (χ0n) is 12.4. The van der Waals surface area contributed by atoms with Gasteiger partial charge in [0.25, 0.3) is 0 Å². The van der Waals surface area contributed by atoms with E-state index < -0.39 is 5.60 Å². The van der Waals surface area contributed by atoms with Gasteiger partial charge in [-0.15, -0.1) is 0 Å². The Morgan fingerprint density at radius 1 is 1.19 bits per heavy atom. The molecule has 0 bridgehead atoms. The van der Waals surface area contributed by atoms with Gasteiger partial charge in [-0.1, -0.05) is 24.1 Å². The number of anilines is 1. The molecule has 1 aliphatic carbocycles. The van der Waals surface area contributed by atoms with Crippen molar-refractivity contribution >= 4 is 17.6 Å². The van der Waals surface area contributed by atoms with E-state index in [4.69, 9.17) is 4.74 Å². The first kappa shape index (κ1) is 14.1. The SMILES string of the molecule is Cc1ccc(NC(=O)C2CC(=O)OC23CCCCC3)cc1. The maximum Gasteiger partial charge on any atom is 0.307 e. The maximum absolute atomic E-state index is 12.6. The van der Waals surface area contributed by atoms with E-state index in [1.165, 1.54) is 0 Å². The number of esters is 1. The summed E-state index contributed by atoms with van der Waals surface area (Å²) >= 11 is 0. The van der Waals surface area contributed by atoms with Crippen LogP contribution in [-0.2, 0) is 14.3 Å². The van der Waals surface area contributed by atoms with Crippen LogP contribution in [0.25, 0.3) is 0 Å². The van der Waals surface area contributed by atoms with Crippen LogP contribution in [0.5, 0.6) is 0 Å². The lowest BCUT2D eigenvalue weighted by molar-refractivity contribution is -0.153. The van der Waals surface area contributed by atoms with Gasteiger partial charge in [-0.2, -0.15) is 0 Å². The van der Waals surface area contributed by atoms with Crippen LogP contribution in [0.1, 0.15) is 44.1 Å². The summed E-state index contributed by atoms with van der Waals surface area (Å²) in [6, 6.07) is 7.70. The first-order chi connectivity index (χ1) is 10.1. The summed E-state index contributed by atoms with van der Waals surface area (Å²) in [6.45, 7) is 2.01. The second-order valence-corrected chi connectivity index (χ2v) is 6.21. The molecule has 1 amide bonds. The second kappa shape index (κ2) is 5.51. The summed E-state index contributed by atoms with van der Waals surface area (Å²) in [5, 5.41) is 2.93. The Morgan fingerprint density at radius 3 is 2.52 bits per heavy atom. The molecule has 2 aliphatic rings. The van der Waals surface area contributed by atoms with Crippen LogP contribution in [0.3, 0.4) is 0 Å². The Labute approximate surface area is 124 Å². The third-order valence-corrected chi connectivity index (χ3v) is 4.66. The van der Waals surface area contributed by atoms with Crippen molar-refractivity contribution in [2.75, 3.05) is 5.32 Å². The molecule has 0 radical (unpaired) electrons. The van der Waals surface area contributed by atoms with Crippen LogP contribution < -0.4 is 5.32 Å². The summed E-state index contributed by atoms with van der Waals surface area (Å²) in [5.41, 5.74) is 1.37. The van der Waals surface area contributed by atoms with Gasteiger partial charge < -0.3 is 10.1 Å². The molecule has 3 rings (SSSR count). The van der Waals surface area contributed by atoms with Gasteiger partial charge in [0.05, 0.1) is 12.3 Å². The minimum atomic E-state index is -0.551. The highest BCUT2D eigenvalue weighted by molar-refractivity contribution is 5.97. The predicted octanol–water partition coefficient (Wildman–Crippen LogP) is 3.20. The molecule has 0 aromatic heterocycles. The van der Waals surface area contributed by atoms with Gasteiger partial charge in [0.15, 0.2) is 0 Å². The van der Waals surface area contributed by atoms with Gasteiger partial charge in [0.2, 0.25) is 5.91 Å². The molecule has 1 N–H and O–H groups in total. The Kier molecular flexibility index (Phi) is 3.70. The highest BCUT2D eigenvalue weighted by atomic mass is 16.6. The molecule has 4 nitrogen and oxygen atoms in total. The lowest BCUT2D eigenvalue weighted by Gasteiger charge is -2.36. The van der Waals surface area contributed by atoms with Crippen molar-refractivity contribution in [2.24, 2.45) is 5.92 Å². The zero-order chi connectivity index (χ0) is 14.9. The first-order valence-corrected chi connectivity index (χ1v) is 7.68. The van der Waals surface area contributed by atoms with Gasteiger partial charge in [-0.05, 0) is 44.7 Å². The van der Waals surface area contributed by atoms with Gasteiger partial charge in [0.1, 0.15) is 5.60 Å². The van der Waals surface area contributed by atoms with E-state index >= 15 is 0 Å². The molecule has 21 heavy (non-hydrogen) atoms. The number of amides is 1. The average molecular weight is 287 g/mol. The van der Waals surface area contributed by atoms with Gasteiger partial charge >= 0.3 is 5.97 Å². The van der Waals surface area contributed by atoms with E-state index in [1.54, 1.807) is 0 Å². The number of rotatable bonds is 2. The fourth-order valence-electron chi connectivity index (χ4n) is 3.49. The molecular formula is C17H21NO3. The summed E-state index contributed by atoms with van der Waals surface area (Å²) < 4.78 is 5.58. The van der Waals surface area contributed by atoms with Crippen molar-refractivity contribution in [3.05, 3.63) is 29.8 Å². The van der Waals surface area contributed by atoms with Gasteiger partial charge in [-0.3, -0.25) is 9.59 Å². The molecule has 1 heterocycles. The fraction of sp³-hybridized carbons (Fsp3) is 0.529. The number of ether oxygens (including phenoxy) is 1. The zero-order valence-corrected chi connectivity index (χ0v) is 12.4. The number of aryl methyl sites for hydroxylation is 1. The maximum atomic E-state index is 12.6. The van der Waals surface area contributed by atoms with Crippen LogP contribution >= 0.6 is 0 Å². The Bertz CT molecular complexity index is 544. The third kappa shape index (κ3) is 2.80. The molecule has 1 aliphatic heterocycles. The normalized spacial score (nSPS) is 23.9. The standard InChI is InChI=1S/C17H21NO3/c1-12-5-7-13(8-6-12)18-16(20)14-11-15(19)21-17(14)9-3-2-4-10-17/h5-8,14H,2-4,9-11H2,1H3,(H,18,20). The number of nitrogens with one attached hydrogen (secondary N) is 1. The monoisotopic (exact) mass is 287 g/mol. The van der Waals surface area contributed by atoms with Crippen LogP contribution in [0.2, 0.25) is 0 Å². The number of hydrogen-bond acceptors (Lipinski definition) is 3. The Hall–Kier alpha value is -1.84. The summed E-state index contributed by atoms with van der Waals surface area (Å²) in [7, 11) is 0. The average Bonchev–Trinajstić information content (AvgIpc) is 2.78. The molecule has 1 saturated carbocycles. The molecule has 2 fully saturated rings. The third-order valence-electron chi connectivity index (χ3n) is 4.66. The van der Waals surface area contributed by atoms with Gasteiger partial charge in [-0.25, -0.2) is 0 Å². The van der Waals surface area contributed by atoms with Crippen LogP contribution in [-0.4, -0.2) is 17.5 Å². The Morgan fingerprint density at radius 2 is 1.86 bits per heavy atom. The minimum absolute atomic E-state index is 0.0911. The van der Waals surface area contributed by atoms with E-state index in [-0.39, 0.29) is 24.2 Å². The molecule has 4 heteroatoms. The van der Waals surface area contributed by atoms with Crippen LogP contribution in [0, 0.1) is 12.8 Å². The quantitative estimate of drug-likeness (QED) is 0.850. The Balaban J connectivity index is 1.76. The lowest BCUT2D eigenvalue weighted by Crippen LogP contribution is -2.43. The highest BCUT2D eigenvalue weighted by Gasteiger charge is 2.52. The van der Waals surface area contributed by atoms with Crippen molar-refractivity contribution in [3.63, 3.8) is 0 Å². The van der Waals surface area contributed by atoms with E-state index in [0.717, 1.165) is 43.4 Å².